The van der Waals surface area contributed by atoms with Crippen molar-refractivity contribution in [2.45, 2.75) is 38.5 Å². The fourth-order valence-corrected chi connectivity index (χ4v) is 3.38. The van der Waals surface area contributed by atoms with Crippen LogP contribution in [0.2, 0.25) is 0 Å². The van der Waals surface area contributed by atoms with Gasteiger partial charge >= 0.3 is 5.97 Å². The molecule has 0 unspecified atom stereocenters. The van der Waals surface area contributed by atoms with Crippen LogP contribution in [0.25, 0.3) is 10.9 Å². The second-order valence-electron chi connectivity index (χ2n) is 5.98. The minimum Gasteiger partial charge on any atom is -0.497 e. The molecule has 122 valence electrons. The van der Waals surface area contributed by atoms with E-state index in [2.05, 4.69) is 23.3 Å². The SMILES string of the molecule is CCOC(=O)C=C1CCC(c2c[nH]c3ccc(OC)cc23)CC1. The first-order chi connectivity index (χ1) is 11.2. The van der Waals surface area contributed by atoms with Crippen molar-refractivity contribution in [2.24, 2.45) is 0 Å². The number of hydrogen-bond acceptors (Lipinski definition) is 3. The van der Waals surface area contributed by atoms with Crippen LogP contribution in [-0.2, 0) is 9.53 Å². The lowest BCUT2D eigenvalue weighted by Gasteiger charge is -2.23. The molecular weight excluding hydrogens is 290 g/mol. The fourth-order valence-electron chi connectivity index (χ4n) is 3.38. The number of H-pyrrole nitrogens is 1. The number of hydrogen-bond donors (Lipinski definition) is 1. The van der Waals surface area contributed by atoms with E-state index in [1.54, 1.807) is 13.2 Å². The number of fused-ring (bicyclic) bond motifs is 1. The highest BCUT2D eigenvalue weighted by Gasteiger charge is 2.21. The number of aromatic amines is 1. The Bertz CT molecular complexity index is 719. The Morgan fingerprint density at radius 3 is 2.83 bits per heavy atom. The predicted molar refractivity (Wildman–Crippen MR) is 90.8 cm³/mol. The summed E-state index contributed by atoms with van der Waals surface area (Å²) in [6.45, 7) is 2.26. The van der Waals surface area contributed by atoms with Crippen LogP contribution in [0.5, 0.6) is 5.75 Å². The highest BCUT2D eigenvalue weighted by molar-refractivity contribution is 5.85. The molecule has 0 saturated heterocycles. The number of benzene rings is 1. The Morgan fingerprint density at radius 2 is 2.13 bits per heavy atom. The van der Waals surface area contributed by atoms with Gasteiger partial charge in [-0.2, -0.15) is 0 Å². The van der Waals surface area contributed by atoms with Crippen LogP contribution in [0.1, 0.15) is 44.1 Å². The van der Waals surface area contributed by atoms with Crippen molar-refractivity contribution in [1.82, 2.24) is 4.98 Å². The number of carbonyl (C=O) groups is 1. The molecule has 1 N–H and O–H groups in total. The van der Waals surface area contributed by atoms with E-state index >= 15 is 0 Å². The van der Waals surface area contributed by atoms with Crippen LogP contribution in [0.3, 0.4) is 0 Å². The van der Waals surface area contributed by atoms with Crippen molar-refractivity contribution in [3.8, 4) is 5.75 Å². The molecule has 0 bridgehead atoms. The summed E-state index contributed by atoms with van der Waals surface area (Å²) in [4.78, 5) is 14.9. The average Bonchev–Trinajstić information content (AvgIpc) is 2.98. The number of carbonyl (C=O) groups excluding carboxylic acids is 1. The Hall–Kier alpha value is -2.23. The quantitative estimate of drug-likeness (QED) is 0.675. The van der Waals surface area contributed by atoms with Crippen LogP contribution in [-0.4, -0.2) is 24.7 Å². The number of aromatic nitrogens is 1. The van der Waals surface area contributed by atoms with E-state index in [4.69, 9.17) is 9.47 Å². The monoisotopic (exact) mass is 313 g/mol. The molecule has 23 heavy (non-hydrogen) atoms. The van der Waals surface area contributed by atoms with Gasteiger partial charge < -0.3 is 14.5 Å². The van der Waals surface area contributed by atoms with Crippen molar-refractivity contribution < 1.29 is 14.3 Å². The van der Waals surface area contributed by atoms with Gasteiger partial charge in [0.25, 0.3) is 0 Å². The van der Waals surface area contributed by atoms with Gasteiger partial charge in [0, 0.05) is 23.2 Å². The van der Waals surface area contributed by atoms with E-state index in [9.17, 15) is 4.79 Å². The van der Waals surface area contributed by atoms with Crippen molar-refractivity contribution in [2.75, 3.05) is 13.7 Å². The minimum atomic E-state index is -0.210. The third kappa shape index (κ3) is 3.41. The van der Waals surface area contributed by atoms with Gasteiger partial charge in [-0.25, -0.2) is 4.79 Å². The molecular formula is C19H23NO3. The number of methoxy groups -OCH3 is 1. The van der Waals surface area contributed by atoms with E-state index in [1.165, 1.54) is 16.5 Å². The molecule has 1 aromatic carbocycles. The summed E-state index contributed by atoms with van der Waals surface area (Å²) in [5.74, 6) is 1.20. The maximum absolute atomic E-state index is 11.5. The summed E-state index contributed by atoms with van der Waals surface area (Å²) in [6.07, 6.45) is 7.85. The first-order valence-electron chi connectivity index (χ1n) is 8.22. The second kappa shape index (κ2) is 6.90. The third-order valence-electron chi connectivity index (χ3n) is 4.60. The summed E-state index contributed by atoms with van der Waals surface area (Å²) >= 11 is 0. The zero-order valence-electron chi connectivity index (χ0n) is 13.7. The lowest BCUT2D eigenvalue weighted by Crippen LogP contribution is -2.08. The van der Waals surface area contributed by atoms with Crippen LogP contribution in [0.15, 0.2) is 36.0 Å². The Kier molecular flexibility index (Phi) is 4.70. The molecule has 0 spiro atoms. The minimum absolute atomic E-state index is 0.210. The van der Waals surface area contributed by atoms with E-state index in [0.29, 0.717) is 12.5 Å². The highest BCUT2D eigenvalue weighted by Crippen LogP contribution is 2.39. The Labute approximate surface area is 136 Å². The first-order valence-corrected chi connectivity index (χ1v) is 8.22. The lowest BCUT2D eigenvalue weighted by molar-refractivity contribution is -0.137. The summed E-state index contributed by atoms with van der Waals surface area (Å²) < 4.78 is 10.3. The van der Waals surface area contributed by atoms with Gasteiger partial charge in [0.1, 0.15) is 5.75 Å². The number of allylic oxidation sites excluding steroid dienone is 1. The molecule has 3 rings (SSSR count). The third-order valence-corrected chi connectivity index (χ3v) is 4.60. The van der Waals surface area contributed by atoms with E-state index < -0.39 is 0 Å². The molecule has 0 radical (unpaired) electrons. The molecule has 2 aromatic rings. The summed E-state index contributed by atoms with van der Waals surface area (Å²) in [7, 11) is 1.69. The maximum atomic E-state index is 11.5. The average molecular weight is 313 g/mol. The van der Waals surface area contributed by atoms with E-state index in [1.807, 2.05) is 13.0 Å². The van der Waals surface area contributed by atoms with Gasteiger partial charge in [-0.05, 0) is 62.3 Å². The Morgan fingerprint density at radius 1 is 1.35 bits per heavy atom. The second-order valence-corrected chi connectivity index (χ2v) is 5.98. The van der Waals surface area contributed by atoms with E-state index in [-0.39, 0.29) is 5.97 Å². The molecule has 1 fully saturated rings. The normalized spacial score (nSPS) is 18.0. The molecule has 1 aliphatic carbocycles. The summed E-state index contributed by atoms with van der Waals surface area (Å²) in [5, 5.41) is 1.24. The molecule has 4 heteroatoms. The standard InChI is InChI=1S/C19H23NO3/c1-3-23-19(21)10-13-4-6-14(7-5-13)17-12-20-18-9-8-15(22-2)11-16(17)18/h8-12,14,20H,3-7H2,1-2H3. The number of nitrogens with one attached hydrogen (secondary N) is 1. The smallest absolute Gasteiger partial charge is 0.330 e. The van der Waals surface area contributed by atoms with Crippen LogP contribution in [0.4, 0.5) is 0 Å². The maximum Gasteiger partial charge on any atom is 0.330 e. The first kappa shape index (κ1) is 15.7. The molecule has 1 saturated carbocycles. The van der Waals surface area contributed by atoms with Crippen LogP contribution >= 0.6 is 0 Å². The fraction of sp³-hybridized carbons (Fsp3) is 0.421. The Balaban J connectivity index is 1.74. The molecule has 4 nitrogen and oxygen atoms in total. The summed E-state index contributed by atoms with van der Waals surface area (Å²) in [5.41, 5.74) is 3.71. The van der Waals surface area contributed by atoms with Crippen molar-refractivity contribution in [1.29, 1.82) is 0 Å². The summed E-state index contributed by atoms with van der Waals surface area (Å²) in [6, 6.07) is 6.14. The topological polar surface area (TPSA) is 51.3 Å². The van der Waals surface area contributed by atoms with E-state index in [0.717, 1.165) is 36.9 Å². The zero-order valence-corrected chi connectivity index (χ0v) is 13.7. The zero-order chi connectivity index (χ0) is 16.2. The van der Waals surface area contributed by atoms with Crippen molar-refractivity contribution in [3.05, 3.63) is 41.6 Å². The van der Waals surface area contributed by atoms with Gasteiger partial charge in [-0.1, -0.05) is 5.57 Å². The van der Waals surface area contributed by atoms with Crippen LogP contribution < -0.4 is 4.74 Å². The van der Waals surface area contributed by atoms with Gasteiger partial charge in [0.2, 0.25) is 0 Å². The largest absolute Gasteiger partial charge is 0.497 e. The van der Waals surface area contributed by atoms with Gasteiger partial charge in [-0.3, -0.25) is 0 Å². The highest BCUT2D eigenvalue weighted by atomic mass is 16.5. The van der Waals surface area contributed by atoms with Crippen LogP contribution in [0, 0.1) is 0 Å². The molecule has 0 aliphatic heterocycles. The van der Waals surface area contributed by atoms with Crippen molar-refractivity contribution >= 4 is 16.9 Å². The van der Waals surface area contributed by atoms with Gasteiger partial charge in [-0.15, -0.1) is 0 Å². The number of ether oxygens (including phenoxy) is 2. The number of rotatable bonds is 4. The molecule has 1 aromatic heterocycles. The molecule has 0 amide bonds. The lowest BCUT2D eigenvalue weighted by atomic mass is 9.81. The number of esters is 1. The van der Waals surface area contributed by atoms with Gasteiger partial charge in [0.05, 0.1) is 13.7 Å². The molecule has 1 heterocycles. The molecule has 1 aliphatic rings. The van der Waals surface area contributed by atoms with Gasteiger partial charge in [0.15, 0.2) is 0 Å². The molecule has 0 atom stereocenters. The van der Waals surface area contributed by atoms with Crippen molar-refractivity contribution in [3.63, 3.8) is 0 Å². The predicted octanol–water partition coefficient (Wildman–Crippen LogP) is 4.32.